The van der Waals surface area contributed by atoms with Gasteiger partial charge in [0.25, 0.3) is 5.91 Å². The van der Waals surface area contributed by atoms with E-state index in [0.717, 1.165) is 6.92 Å². The maximum atomic E-state index is 14.5. The van der Waals surface area contributed by atoms with Crippen LogP contribution in [0.1, 0.15) is 27.2 Å². The molecule has 0 aromatic heterocycles. The second kappa shape index (κ2) is 6.17. The van der Waals surface area contributed by atoms with Gasteiger partial charge in [0, 0.05) is 0 Å². The molecular formula is C14H20FNO4. The van der Waals surface area contributed by atoms with Crippen LogP contribution in [0.4, 0.5) is 9.18 Å². The average molecular weight is 285 g/mol. The van der Waals surface area contributed by atoms with Crippen LogP contribution in [0.5, 0.6) is 0 Å². The monoisotopic (exact) mass is 285 g/mol. The molecular weight excluding hydrogens is 265 g/mol. The number of aliphatic hydroxyl groups is 1. The van der Waals surface area contributed by atoms with Crippen LogP contribution in [0.25, 0.3) is 0 Å². The highest BCUT2D eigenvalue weighted by molar-refractivity contribution is 6.00. The first-order valence-corrected chi connectivity index (χ1v) is 6.41. The zero-order chi connectivity index (χ0) is 15.5. The third kappa shape index (κ3) is 3.25. The van der Waals surface area contributed by atoms with Gasteiger partial charge in [-0.2, -0.15) is 0 Å². The number of nitrogens with zero attached hydrogens (tertiary/aromatic N) is 1. The van der Waals surface area contributed by atoms with Gasteiger partial charge in [-0.15, -0.1) is 6.58 Å². The van der Waals surface area contributed by atoms with E-state index < -0.39 is 23.8 Å². The van der Waals surface area contributed by atoms with Crippen LogP contribution >= 0.6 is 0 Å². The zero-order valence-corrected chi connectivity index (χ0v) is 11.9. The highest BCUT2D eigenvalue weighted by Crippen LogP contribution is 2.27. The number of imide groups is 1. The Labute approximate surface area is 117 Å². The molecule has 1 heterocycles. The molecule has 1 aliphatic rings. The fourth-order valence-electron chi connectivity index (χ4n) is 1.84. The zero-order valence-electron chi connectivity index (χ0n) is 11.9. The Balaban J connectivity index is 3.04. The van der Waals surface area contributed by atoms with Gasteiger partial charge in [0.1, 0.15) is 12.7 Å². The highest BCUT2D eigenvalue weighted by Gasteiger charge is 2.48. The van der Waals surface area contributed by atoms with Crippen molar-refractivity contribution in [1.82, 2.24) is 4.90 Å². The number of rotatable bonds is 5. The molecule has 0 radical (unpaired) electrons. The minimum absolute atomic E-state index is 0.0683. The first kappa shape index (κ1) is 16.4. The summed E-state index contributed by atoms with van der Waals surface area (Å²) >= 11 is 0. The minimum Gasteiger partial charge on any atom is -0.442 e. The van der Waals surface area contributed by atoms with Gasteiger partial charge in [0.2, 0.25) is 5.67 Å². The summed E-state index contributed by atoms with van der Waals surface area (Å²) in [5.41, 5.74) is -2.29. The Bertz CT molecular complexity index is 442. The molecule has 1 N–H and O–H groups in total. The Kier molecular flexibility index (Phi) is 5.05. The molecule has 0 spiro atoms. The van der Waals surface area contributed by atoms with Crippen LogP contribution in [0, 0.1) is 5.92 Å². The van der Waals surface area contributed by atoms with Crippen LogP contribution in [0.15, 0.2) is 24.4 Å². The van der Waals surface area contributed by atoms with Gasteiger partial charge >= 0.3 is 6.09 Å². The molecule has 0 aromatic rings. The Morgan fingerprint density at radius 2 is 2.25 bits per heavy atom. The molecule has 0 aliphatic carbocycles. The lowest BCUT2D eigenvalue weighted by Crippen LogP contribution is -2.51. The largest absolute Gasteiger partial charge is 0.442 e. The van der Waals surface area contributed by atoms with Crippen molar-refractivity contribution < 1.29 is 23.8 Å². The molecule has 1 aliphatic heterocycles. The van der Waals surface area contributed by atoms with Crippen LogP contribution < -0.4 is 0 Å². The van der Waals surface area contributed by atoms with E-state index in [2.05, 4.69) is 6.58 Å². The SMILES string of the molecule is C=CC[C@@H](O)[C@@](C)(F)C(=O)N1C(=O)OCC1=CC(C)C. The summed E-state index contributed by atoms with van der Waals surface area (Å²) < 4.78 is 19.2. The Morgan fingerprint density at radius 3 is 2.75 bits per heavy atom. The van der Waals surface area contributed by atoms with Crippen LogP contribution in [-0.4, -0.2) is 40.4 Å². The lowest BCUT2D eigenvalue weighted by molar-refractivity contribution is -0.145. The van der Waals surface area contributed by atoms with E-state index in [1.807, 2.05) is 13.8 Å². The first-order chi connectivity index (χ1) is 9.21. The van der Waals surface area contributed by atoms with E-state index in [4.69, 9.17) is 4.74 Å². The maximum absolute atomic E-state index is 14.5. The second-order valence-electron chi connectivity index (χ2n) is 5.21. The summed E-state index contributed by atoms with van der Waals surface area (Å²) in [6.45, 7) is 7.98. The van der Waals surface area contributed by atoms with Gasteiger partial charge in [-0.1, -0.05) is 26.0 Å². The van der Waals surface area contributed by atoms with E-state index in [9.17, 15) is 19.1 Å². The second-order valence-corrected chi connectivity index (χ2v) is 5.21. The van der Waals surface area contributed by atoms with Crippen LogP contribution in [0.3, 0.4) is 0 Å². The molecule has 0 unspecified atom stereocenters. The normalized spacial score (nSPS) is 21.8. The van der Waals surface area contributed by atoms with Gasteiger partial charge in [-0.3, -0.25) is 4.79 Å². The molecule has 6 heteroatoms. The third-order valence-corrected chi connectivity index (χ3v) is 2.98. The number of alkyl halides is 1. The van der Waals surface area contributed by atoms with Crippen LogP contribution in [-0.2, 0) is 9.53 Å². The molecule has 1 saturated heterocycles. The number of amides is 2. The third-order valence-electron chi connectivity index (χ3n) is 2.98. The number of hydrogen-bond donors (Lipinski definition) is 1. The summed E-state index contributed by atoms with van der Waals surface area (Å²) in [4.78, 5) is 24.5. The molecule has 1 fully saturated rings. The number of ether oxygens (including phenoxy) is 1. The van der Waals surface area contributed by atoms with Crippen molar-refractivity contribution in [3.63, 3.8) is 0 Å². The van der Waals surface area contributed by atoms with E-state index in [0.29, 0.717) is 10.6 Å². The van der Waals surface area contributed by atoms with E-state index in [1.54, 1.807) is 6.08 Å². The fourth-order valence-corrected chi connectivity index (χ4v) is 1.84. The smallest absolute Gasteiger partial charge is 0.421 e. The lowest BCUT2D eigenvalue weighted by Gasteiger charge is -2.27. The Morgan fingerprint density at radius 1 is 1.65 bits per heavy atom. The summed E-state index contributed by atoms with van der Waals surface area (Å²) in [6.07, 6.45) is 0.379. The van der Waals surface area contributed by atoms with Crippen molar-refractivity contribution in [2.45, 2.75) is 39.0 Å². The van der Waals surface area contributed by atoms with Crippen molar-refractivity contribution in [1.29, 1.82) is 0 Å². The minimum atomic E-state index is -2.59. The first-order valence-electron chi connectivity index (χ1n) is 6.41. The van der Waals surface area contributed by atoms with Gasteiger partial charge in [-0.25, -0.2) is 14.1 Å². The van der Waals surface area contributed by atoms with E-state index in [-0.39, 0.29) is 18.9 Å². The molecule has 0 bridgehead atoms. The summed E-state index contributed by atoms with van der Waals surface area (Å²) in [7, 11) is 0. The maximum Gasteiger partial charge on any atom is 0.421 e. The number of hydrogen-bond acceptors (Lipinski definition) is 4. The van der Waals surface area contributed by atoms with E-state index in [1.165, 1.54) is 6.08 Å². The number of carbonyl (C=O) groups excluding carboxylic acids is 2. The molecule has 20 heavy (non-hydrogen) atoms. The van der Waals surface area contributed by atoms with Crippen molar-refractivity contribution in [3.8, 4) is 0 Å². The molecule has 0 aromatic carbocycles. The highest BCUT2D eigenvalue weighted by atomic mass is 19.1. The molecule has 1 rings (SSSR count). The Hall–Kier alpha value is -1.69. The average Bonchev–Trinajstić information content (AvgIpc) is 2.68. The van der Waals surface area contributed by atoms with Gasteiger partial charge in [-0.05, 0) is 19.3 Å². The van der Waals surface area contributed by atoms with Crippen LogP contribution in [0.2, 0.25) is 0 Å². The molecule has 112 valence electrons. The topological polar surface area (TPSA) is 66.8 Å². The number of carbonyl (C=O) groups is 2. The number of cyclic esters (lactones) is 1. The van der Waals surface area contributed by atoms with E-state index >= 15 is 0 Å². The molecule has 0 saturated carbocycles. The predicted molar refractivity (Wildman–Crippen MR) is 71.4 cm³/mol. The summed E-state index contributed by atoms with van der Waals surface area (Å²) in [5.74, 6) is -1.06. The van der Waals surface area contributed by atoms with Gasteiger partial charge < -0.3 is 9.84 Å². The lowest BCUT2D eigenvalue weighted by atomic mass is 9.96. The fraction of sp³-hybridized carbons (Fsp3) is 0.571. The van der Waals surface area contributed by atoms with Crippen molar-refractivity contribution in [3.05, 3.63) is 24.4 Å². The number of halogens is 1. The quantitative estimate of drug-likeness (QED) is 0.786. The number of aliphatic hydroxyl groups excluding tert-OH is 1. The van der Waals surface area contributed by atoms with Gasteiger partial charge in [0.15, 0.2) is 0 Å². The van der Waals surface area contributed by atoms with Gasteiger partial charge in [0.05, 0.1) is 5.70 Å². The molecule has 5 nitrogen and oxygen atoms in total. The summed E-state index contributed by atoms with van der Waals surface area (Å²) in [6, 6.07) is 0. The van der Waals surface area contributed by atoms with Crippen molar-refractivity contribution in [2.24, 2.45) is 5.92 Å². The molecule has 2 atom stereocenters. The van der Waals surface area contributed by atoms with Crippen molar-refractivity contribution in [2.75, 3.05) is 6.61 Å². The standard InChI is InChI=1S/C14H20FNO4/c1-5-6-11(17)14(4,15)12(18)16-10(7-9(2)3)8-20-13(16)19/h5,7,9,11,17H,1,6,8H2,2-4H3/t11-,14-/m1/s1. The van der Waals surface area contributed by atoms with Crippen molar-refractivity contribution >= 4 is 12.0 Å². The number of allylic oxidation sites excluding steroid dienone is 1. The summed E-state index contributed by atoms with van der Waals surface area (Å²) in [5, 5.41) is 9.70. The molecule has 2 amide bonds. The predicted octanol–water partition coefficient (Wildman–Crippen LogP) is 2.17.